The number of hydrogen-bond acceptors (Lipinski definition) is 7. The molecule has 0 aromatic carbocycles. The van der Waals surface area contributed by atoms with Crippen molar-refractivity contribution in [3.8, 4) is 11.6 Å². The number of carbonyl (C=O) groups excluding carboxylic acids is 1. The average molecular weight is 488 g/mol. The number of amides is 1. The molecule has 186 valence electrons. The van der Waals surface area contributed by atoms with Crippen molar-refractivity contribution in [2.75, 3.05) is 38.6 Å². The first kappa shape index (κ1) is 23.9. The van der Waals surface area contributed by atoms with Crippen molar-refractivity contribution >= 4 is 17.7 Å². The van der Waals surface area contributed by atoms with E-state index in [1.807, 2.05) is 12.1 Å². The molecule has 34 heavy (non-hydrogen) atoms. The maximum absolute atomic E-state index is 13.0. The lowest BCUT2D eigenvalue weighted by Gasteiger charge is -2.48. The SMILES string of the molecule is O=C(CSc1nnc(-c2ccco2)n1C1CCCCC1)NCC1(N2CCOCC2)CCCCC1. The fourth-order valence-electron chi connectivity index (χ4n) is 5.91. The van der Waals surface area contributed by atoms with Gasteiger partial charge in [-0.2, -0.15) is 0 Å². The maximum atomic E-state index is 13.0. The van der Waals surface area contributed by atoms with Crippen LogP contribution in [0, 0.1) is 0 Å². The van der Waals surface area contributed by atoms with Crippen molar-refractivity contribution in [2.24, 2.45) is 0 Å². The van der Waals surface area contributed by atoms with E-state index in [4.69, 9.17) is 9.15 Å². The highest BCUT2D eigenvalue weighted by Crippen LogP contribution is 2.36. The molecular weight excluding hydrogens is 450 g/mol. The van der Waals surface area contributed by atoms with Crippen molar-refractivity contribution in [3.63, 3.8) is 0 Å². The van der Waals surface area contributed by atoms with Crippen LogP contribution in [0.15, 0.2) is 28.0 Å². The van der Waals surface area contributed by atoms with Crippen LogP contribution in [0.5, 0.6) is 0 Å². The number of morpholine rings is 1. The molecule has 8 nitrogen and oxygen atoms in total. The van der Waals surface area contributed by atoms with Crippen LogP contribution in [-0.4, -0.2) is 69.7 Å². The Hall–Kier alpha value is -1.84. The van der Waals surface area contributed by atoms with Gasteiger partial charge in [-0.1, -0.05) is 50.3 Å². The molecule has 1 saturated heterocycles. The second kappa shape index (κ2) is 11.3. The van der Waals surface area contributed by atoms with Gasteiger partial charge in [0, 0.05) is 31.2 Å². The minimum Gasteiger partial charge on any atom is -0.461 e. The van der Waals surface area contributed by atoms with Gasteiger partial charge < -0.3 is 14.5 Å². The van der Waals surface area contributed by atoms with Gasteiger partial charge in [0.2, 0.25) is 11.7 Å². The Bertz CT molecular complexity index is 913. The number of thioether (sulfide) groups is 1. The predicted molar refractivity (Wildman–Crippen MR) is 132 cm³/mol. The zero-order valence-electron chi connectivity index (χ0n) is 20.0. The van der Waals surface area contributed by atoms with E-state index in [0.29, 0.717) is 11.8 Å². The largest absolute Gasteiger partial charge is 0.461 e. The molecule has 0 spiro atoms. The fraction of sp³-hybridized carbons (Fsp3) is 0.720. The molecule has 0 atom stereocenters. The summed E-state index contributed by atoms with van der Waals surface area (Å²) in [7, 11) is 0. The Labute approximate surface area is 206 Å². The molecule has 2 aliphatic carbocycles. The molecule has 2 aromatic rings. The van der Waals surface area contributed by atoms with E-state index >= 15 is 0 Å². The van der Waals surface area contributed by atoms with Gasteiger partial charge in [-0.15, -0.1) is 10.2 Å². The first-order valence-corrected chi connectivity index (χ1v) is 13.9. The Kier molecular flexibility index (Phi) is 7.91. The molecule has 3 heterocycles. The van der Waals surface area contributed by atoms with Crippen molar-refractivity contribution in [1.29, 1.82) is 0 Å². The third kappa shape index (κ3) is 5.36. The van der Waals surface area contributed by atoms with Crippen molar-refractivity contribution in [2.45, 2.75) is 80.9 Å². The fourth-order valence-corrected chi connectivity index (χ4v) is 6.75. The summed E-state index contributed by atoms with van der Waals surface area (Å²) in [6, 6.07) is 4.17. The maximum Gasteiger partial charge on any atom is 0.230 e. The van der Waals surface area contributed by atoms with Gasteiger partial charge in [-0.3, -0.25) is 14.3 Å². The quantitative estimate of drug-likeness (QED) is 0.556. The normalized spacial score (nSPS) is 22.0. The summed E-state index contributed by atoms with van der Waals surface area (Å²) >= 11 is 1.49. The number of nitrogens with one attached hydrogen (secondary N) is 1. The van der Waals surface area contributed by atoms with E-state index in [2.05, 4.69) is 25.0 Å². The van der Waals surface area contributed by atoms with Crippen LogP contribution in [-0.2, 0) is 9.53 Å². The van der Waals surface area contributed by atoms with Crippen LogP contribution in [0.1, 0.15) is 70.3 Å². The molecule has 3 fully saturated rings. The van der Waals surface area contributed by atoms with Gasteiger partial charge in [-0.25, -0.2) is 0 Å². The highest BCUT2D eigenvalue weighted by atomic mass is 32.2. The summed E-state index contributed by atoms with van der Waals surface area (Å²) in [5.74, 6) is 1.93. The monoisotopic (exact) mass is 487 g/mol. The lowest BCUT2D eigenvalue weighted by molar-refractivity contribution is -0.119. The standard InChI is InChI=1S/C25H37N5O3S/c31-22(26-19-25(11-5-2-6-12-25)29-13-16-32-17-14-29)18-34-24-28-27-23(21-10-7-15-33-21)30(24)20-8-3-1-4-9-20/h7,10,15,20H,1-6,8-9,11-14,16-19H2,(H,26,31). The van der Waals surface area contributed by atoms with E-state index in [-0.39, 0.29) is 11.4 Å². The van der Waals surface area contributed by atoms with Gasteiger partial charge in [0.1, 0.15) is 0 Å². The highest BCUT2D eigenvalue weighted by molar-refractivity contribution is 7.99. The minimum absolute atomic E-state index is 0.0703. The number of ether oxygens (including phenoxy) is 1. The summed E-state index contributed by atoms with van der Waals surface area (Å²) in [4.78, 5) is 15.5. The van der Waals surface area contributed by atoms with Crippen LogP contribution in [0.25, 0.3) is 11.6 Å². The van der Waals surface area contributed by atoms with Crippen LogP contribution in [0.2, 0.25) is 0 Å². The molecule has 2 aromatic heterocycles. The van der Waals surface area contributed by atoms with E-state index in [1.165, 1.54) is 50.3 Å². The Morgan fingerprint density at radius 1 is 1.09 bits per heavy atom. The topological polar surface area (TPSA) is 85.4 Å². The van der Waals surface area contributed by atoms with Gasteiger partial charge in [0.25, 0.3) is 0 Å². The molecule has 1 N–H and O–H groups in total. The first-order chi connectivity index (χ1) is 16.8. The Morgan fingerprint density at radius 3 is 2.59 bits per heavy atom. The third-order valence-electron chi connectivity index (χ3n) is 7.76. The number of rotatable bonds is 8. The predicted octanol–water partition coefficient (Wildman–Crippen LogP) is 4.29. The molecule has 1 aliphatic heterocycles. The molecule has 0 unspecified atom stereocenters. The second-order valence-electron chi connectivity index (χ2n) is 9.90. The molecule has 9 heteroatoms. The summed E-state index contributed by atoms with van der Waals surface area (Å²) in [6.07, 6.45) is 13.7. The van der Waals surface area contributed by atoms with E-state index in [0.717, 1.165) is 75.3 Å². The van der Waals surface area contributed by atoms with Crippen molar-refractivity contribution in [3.05, 3.63) is 18.4 Å². The van der Waals surface area contributed by atoms with Gasteiger partial charge in [-0.05, 0) is 37.8 Å². The van der Waals surface area contributed by atoms with Gasteiger partial charge in [0.05, 0.1) is 25.2 Å². The molecule has 3 aliphatic rings. The second-order valence-corrected chi connectivity index (χ2v) is 10.8. The number of aromatic nitrogens is 3. The number of nitrogens with zero attached hydrogens (tertiary/aromatic N) is 4. The average Bonchev–Trinajstić information content (AvgIpc) is 3.58. The Balaban J connectivity index is 1.23. The van der Waals surface area contributed by atoms with Crippen LogP contribution in [0.4, 0.5) is 0 Å². The van der Waals surface area contributed by atoms with Gasteiger partial charge >= 0.3 is 0 Å². The van der Waals surface area contributed by atoms with E-state index in [9.17, 15) is 4.79 Å². The molecule has 0 bridgehead atoms. The smallest absolute Gasteiger partial charge is 0.230 e. The molecule has 1 amide bonds. The minimum atomic E-state index is 0.0703. The lowest BCUT2D eigenvalue weighted by atomic mass is 9.79. The summed E-state index contributed by atoms with van der Waals surface area (Å²) in [6.45, 7) is 4.23. The van der Waals surface area contributed by atoms with E-state index in [1.54, 1.807) is 6.26 Å². The van der Waals surface area contributed by atoms with Crippen LogP contribution < -0.4 is 5.32 Å². The molecule has 2 saturated carbocycles. The first-order valence-electron chi connectivity index (χ1n) is 13.0. The number of hydrogen-bond donors (Lipinski definition) is 1. The van der Waals surface area contributed by atoms with E-state index < -0.39 is 0 Å². The zero-order valence-corrected chi connectivity index (χ0v) is 20.9. The third-order valence-corrected chi connectivity index (χ3v) is 8.70. The lowest BCUT2D eigenvalue weighted by Crippen LogP contribution is -2.59. The van der Waals surface area contributed by atoms with Crippen LogP contribution in [0.3, 0.4) is 0 Å². The zero-order chi connectivity index (χ0) is 23.2. The highest BCUT2D eigenvalue weighted by Gasteiger charge is 2.38. The van der Waals surface area contributed by atoms with Gasteiger partial charge in [0.15, 0.2) is 10.9 Å². The molecular formula is C25H37N5O3S. The van der Waals surface area contributed by atoms with Crippen molar-refractivity contribution in [1.82, 2.24) is 25.0 Å². The van der Waals surface area contributed by atoms with Crippen LogP contribution >= 0.6 is 11.8 Å². The summed E-state index contributed by atoms with van der Waals surface area (Å²) in [5.41, 5.74) is 0.0803. The molecule has 5 rings (SSSR count). The summed E-state index contributed by atoms with van der Waals surface area (Å²) in [5, 5.41) is 13.0. The number of carbonyl (C=O) groups is 1. The van der Waals surface area contributed by atoms with Crippen molar-refractivity contribution < 1.29 is 13.9 Å². The summed E-state index contributed by atoms with van der Waals surface area (Å²) < 4.78 is 13.4. The Morgan fingerprint density at radius 2 is 1.85 bits per heavy atom. The molecule has 0 radical (unpaired) electrons. The number of furan rings is 1.